The Morgan fingerprint density at radius 3 is 1.24 bits per heavy atom. The molecule has 0 aromatic heterocycles. The third kappa shape index (κ3) is 31.0. The summed E-state index contributed by atoms with van der Waals surface area (Å²) in [5.74, 6) is 1.24. The number of unbranched alkanes of at least 4 members (excludes halogenated alkanes) is 19. The Bertz CT molecular complexity index is 3120. The van der Waals surface area contributed by atoms with Gasteiger partial charge in [0.1, 0.15) is 41.7 Å². The predicted molar refractivity (Wildman–Crippen MR) is 400 cm³/mol. The average Bonchev–Trinajstić information content (AvgIpc) is 0.787. The molecule has 8 atom stereocenters. The lowest BCUT2D eigenvalue weighted by atomic mass is 9.89. The van der Waals surface area contributed by atoms with Crippen molar-refractivity contribution in [2.45, 2.75) is 250 Å². The maximum atomic E-state index is 15.1. The number of carbonyl (C=O) groups is 1. The van der Waals surface area contributed by atoms with Gasteiger partial charge in [0, 0.05) is 25.4 Å². The SMILES string of the molecule is CCCCCCCCCCCCCC[C@@H](OCc1ccc(OC)cc1)[C@@H](OCc1ccc(OC)cc1)[C@H](CO[C@H]1OC(COCc2ccccc2)[C@H](OCc2ccccc2)[C@H](OCc2ccccc2)[C@H]1OCc1ccccc1)CC(=O)CCCCCCCCCCCOCc1ccccc1. The van der Waals surface area contributed by atoms with Crippen molar-refractivity contribution in [2.24, 2.45) is 5.92 Å². The number of hydrogen-bond donors (Lipinski definition) is 0. The Balaban J connectivity index is 1.07. The van der Waals surface area contributed by atoms with Crippen molar-refractivity contribution in [2.75, 3.05) is 34.0 Å². The topological polar surface area (TPSA) is 119 Å². The van der Waals surface area contributed by atoms with E-state index in [0.29, 0.717) is 32.8 Å². The third-order valence-corrected chi connectivity index (χ3v) is 19.1. The van der Waals surface area contributed by atoms with E-state index in [0.717, 1.165) is 109 Å². The van der Waals surface area contributed by atoms with Crippen molar-refractivity contribution in [3.8, 4) is 11.5 Å². The molecule has 1 saturated heterocycles. The molecular weight excluding hydrogens is 1250 g/mol. The second kappa shape index (κ2) is 49.1. The molecule has 1 fully saturated rings. The fourth-order valence-electron chi connectivity index (χ4n) is 13.2. The number of methoxy groups -OCH3 is 2. The second-order valence-electron chi connectivity index (χ2n) is 27.1. The molecule has 0 radical (unpaired) electrons. The number of benzene rings is 7. The van der Waals surface area contributed by atoms with Crippen LogP contribution < -0.4 is 9.47 Å². The van der Waals surface area contributed by atoms with Gasteiger partial charge < -0.3 is 52.1 Å². The normalized spacial score (nSPS) is 17.0. The Hall–Kier alpha value is -6.55. The number of hydrogen-bond acceptors (Lipinski definition) is 12. The molecule has 0 N–H and O–H groups in total. The summed E-state index contributed by atoms with van der Waals surface area (Å²) in [6.07, 6.45) is 21.3. The fraction of sp³-hybridized carbons (Fsp3) is 0.511. The molecule has 542 valence electrons. The van der Waals surface area contributed by atoms with Crippen LogP contribution in [0.2, 0.25) is 0 Å². The summed E-state index contributed by atoms with van der Waals surface area (Å²) in [4.78, 5) is 15.1. The van der Waals surface area contributed by atoms with E-state index in [1.807, 2.05) is 115 Å². The molecule has 12 heteroatoms. The lowest BCUT2D eigenvalue weighted by Crippen LogP contribution is -2.62. The van der Waals surface area contributed by atoms with Crippen LogP contribution in [0.25, 0.3) is 0 Å². The second-order valence-corrected chi connectivity index (χ2v) is 27.1. The zero-order valence-electron chi connectivity index (χ0n) is 60.6. The van der Waals surface area contributed by atoms with Gasteiger partial charge in [-0.2, -0.15) is 0 Å². The Morgan fingerprint density at radius 1 is 0.380 bits per heavy atom. The van der Waals surface area contributed by atoms with Crippen LogP contribution >= 0.6 is 0 Å². The van der Waals surface area contributed by atoms with Crippen LogP contribution in [0.15, 0.2) is 200 Å². The summed E-state index contributed by atoms with van der Waals surface area (Å²) >= 11 is 0. The number of carbonyl (C=O) groups excluding carboxylic acids is 1. The third-order valence-electron chi connectivity index (χ3n) is 19.1. The van der Waals surface area contributed by atoms with E-state index in [1.54, 1.807) is 14.2 Å². The summed E-state index contributed by atoms with van der Waals surface area (Å²) in [5.41, 5.74) is 7.25. The smallest absolute Gasteiger partial charge is 0.186 e. The lowest BCUT2D eigenvalue weighted by molar-refractivity contribution is -0.331. The molecule has 100 heavy (non-hydrogen) atoms. The van der Waals surface area contributed by atoms with Gasteiger partial charge in [0.25, 0.3) is 0 Å². The van der Waals surface area contributed by atoms with Gasteiger partial charge in [0.15, 0.2) is 6.29 Å². The highest BCUT2D eigenvalue weighted by Gasteiger charge is 2.50. The molecule has 0 saturated carbocycles. The summed E-state index contributed by atoms with van der Waals surface area (Å²) in [5, 5.41) is 0. The van der Waals surface area contributed by atoms with Crippen molar-refractivity contribution < 1.29 is 56.9 Å². The highest BCUT2D eigenvalue weighted by molar-refractivity contribution is 5.78. The minimum Gasteiger partial charge on any atom is -0.497 e. The lowest BCUT2D eigenvalue weighted by Gasteiger charge is -2.46. The standard InChI is InChI=1S/C88H118O12/c1-4-5-6-7-8-9-10-11-14-17-20-38-51-82(94-64-76-52-56-80(90-2)57-53-76)84(95-68-77-54-58-81(91-3)59-55-77)78(61-79(89)50-37-19-16-13-12-15-18-21-39-60-92-62-71-40-27-22-28-41-71)69-99-88-87(98-67-75-48-35-26-36-49-75)86(97-66-74-46-33-25-34-47-74)85(96-65-73-44-31-24-32-45-73)83(100-88)70-93-63-72-42-29-23-30-43-72/h22-36,40-49,52-59,78,82-88H,4-21,37-39,50-51,60-70H2,1-3H3/t78-,82+,83?,84-,85-,86-,87+,88-/m0/s1. The van der Waals surface area contributed by atoms with E-state index in [-0.39, 0.29) is 45.2 Å². The van der Waals surface area contributed by atoms with Crippen LogP contribution in [0, 0.1) is 5.92 Å². The van der Waals surface area contributed by atoms with Gasteiger partial charge in [-0.1, -0.05) is 305 Å². The van der Waals surface area contributed by atoms with Crippen LogP contribution in [0.5, 0.6) is 11.5 Å². The average molecular weight is 1370 g/mol. The molecule has 7 aromatic rings. The van der Waals surface area contributed by atoms with Crippen LogP contribution in [0.3, 0.4) is 0 Å². The first-order valence-electron chi connectivity index (χ1n) is 37.9. The number of ketones is 1. The van der Waals surface area contributed by atoms with E-state index >= 15 is 4.79 Å². The molecule has 1 unspecified atom stereocenters. The first kappa shape index (κ1) is 79.2. The zero-order valence-corrected chi connectivity index (χ0v) is 60.6. The van der Waals surface area contributed by atoms with Crippen molar-refractivity contribution in [1.82, 2.24) is 0 Å². The van der Waals surface area contributed by atoms with Crippen LogP contribution in [-0.2, 0) is 93.7 Å². The van der Waals surface area contributed by atoms with Gasteiger partial charge in [-0.3, -0.25) is 4.79 Å². The van der Waals surface area contributed by atoms with Crippen LogP contribution in [-0.4, -0.2) is 82.7 Å². The van der Waals surface area contributed by atoms with Crippen LogP contribution in [0.1, 0.15) is 200 Å². The molecule has 1 aliphatic heterocycles. The van der Waals surface area contributed by atoms with Crippen LogP contribution in [0.4, 0.5) is 0 Å². The van der Waals surface area contributed by atoms with Gasteiger partial charge in [0.2, 0.25) is 0 Å². The first-order valence-corrected chi connectivity index (χ1v) is 37.9. The molecule has 8 rings (SSSR count). The summed E-state index contributed by atoms with van der Waals surface area (Å²) < 4.78 is 74.6. The van der Waals surface area contributed by atoms with Gasteiger partial charge in [-0.05, 0) is 82.5 Å². The number of ether oxygens (including phenoxy) is 11. The van der Waals surface area contributed by atoms with Gasteiger partial charge >= 0.3 is 0 Å². The minimum absolute atomic E-state index is 0.0907. The summed E-state index contributed by atoms with van der Waals surface area (Å²) in [7, 11) is 3.37. The summed E-state index contributed by atoms with van der Waals surface area (Å²) in [6, 6.07) is 67.2. The van der Waals surface area contributed by atoms with Crippen molar-refractivity contribution in [3.63, 3.8) is 0 Å². The van der Waals surface area contributed by atoms with Gasteiger partial charge in [0.05, 0.1) is 85.9 Å². The Morgan fingerprint density at radius 2 is 0.770 bits per heavy atom. The molecule has 1 heterocycles. The van der Waals surface area contributed by atoms with E-state index < -0.39 is 48.8 Å². The Labute approximate surface area is 600 Å². The van der Waals surface area contributed by atoms with Crippen molar-refractivity contribution in [3.05, 3.63) is 239 Å². The number of rotatable bonds is 55. The molecule has 0 spiro atoms. The maximum absolute atomic E-state index is 15.1. The number of Topliss-reactive ketones (excluding diaryl/α,β-unsaturated/α-hetero) is 1. The molecule has 0 aliphatic carbocycles. The molecule has 7 aromatic carbocycles. The van der Waals surface area contributed by atoms with E-state index in [2.05, 4.69) is 91.9 Å². The van der Waals surface area contributed by atoms with Crippen molar-refractivity contribution in [1.29, 1.82) is 0 Å². The maximum Gasteiger partial charge on any atom is 0.186 e. The highest BCUT2D eigenvalue weighted by Crippen LogP contribution is 2.35. The van der Waals surface area contributed by atoms with E-state index in [9.17, 15) is 0 Å². The quantitative estimate of drug-likeness (QED) is 0.0338. The minimum atomic E-state index is -1.01. The Kier molecular flexibility index (Phi) is 38.9. The highest BCUT2D eigenvalue weighted by atomic mass is 16.7. The monoisotopic (exact) mass is 1370 g/mol. The largest absolute Gasteiger partial charge is 0.497 e. The van der Waals surface area contributed by atoms with Gasteiger partial charge in [-0.15, -0.1) is 0 Å². The predicted octanol–water partition coefficient (Wildman–Crippen LogP) is 20.7. The van der Waals surface area contributed by atoms with Crippen molar-refractivity contribution >= 4 is 5.78 Å². The molecule has 0 amide bonds. The summed E-state index contributed by atoms with van der Waals surface area (Å²) in [6.45, 7) is 5.82. The van der Waals surface area contributed by atoms with E-state index in [4.69, 9.17) is 52.1 Å². The van der Waals surface area contributed by atoms with Gasteiger partial charge in [-0.25, -0.2) is 0 Å². The molecule has 12 nitrogen and oxygen atoms in total. The fourth-order valence-corrected chi connectivity index (χ4v) is 13.2. The molecular formula is C88H118O12. The first-order chi connectivity index (χ1) is 49.4. The molecule has 1 aliphatic rings. The zero-order chi connectivity index (χ0) is 69.5. The van der Waals surface area contributed by atoms with E-state index in [1.165, 1.54) is 89.0 Å². The molecule has 0 bridgehead atoms.